The molecular formula is C11H11ClF4O4. The maximum Gasteiger partial charge on any atom is 0.387 e. The van der Waals surface area contributed by atoms with Gasteiger partial charge in [0.2, 0.25) is 0 Å². The zero-order chi connectivity index (χ0) is 15.3. The van der Waals surface area contributed by atoms with Crippen LogP contribution in [0.4, 0.5) is 17.6 Å². The standard InChI is InChI=1S/C11H11ClF4O4/c12-8-3-6(20-10(15)16)1-2-7(8)11(18,4-17)5-19-9(13)14/h1-3,9-10,17-18H,4-5H2. The highest BCUT2D eigenvalue weighted by molar-refractivity contribution is 6.31. The molecule has 1 aromatic carbocycles. The number of benzene rings is 1. The van der Waals surface area contributed by atoms with Crippen molar-refractivity contribution >= 4 is 11.6 Å². The second kappa shape index (κ2) is 7.07. The second-order valence-electron chi connectivity index (χ2n) is 3.78. The molecule has 0 aliphatic rings. The fraction of sp³-hybridized carbons (Fsp3) is 0.455. The lowest BCUT2D eigenvalue weighted by Gasteiger charge is -2.27. The predicted molar refractivity (Wildman–Crippen MR) is 61.0 cm³/mol. The van der Waals surface area contributed by atoms with E-state index >= 15 is 0 Å². The molecule has 0 bridgehead atoms. The summed E-state index contributed by atoms with van der Waals surface area (Å²) in [5, 5.41) is 18.9. The number of aliphatic hydroxyl groups is 2. The molecule has 1 aromatic rings. The van der Waals surface area contributed by atoms with Crippen molar-refractivity contribution in [1.82, 2.24) is 0 Å². The van der Waals surface area contributed by atoms with Crippen molar-refractivity contribution in [3.05, 3.63) is 28.8 Å². The molecule has 0 radical (unpaired) electrons. The zero-order valence-corrected chi connectivity index (χ0v) is 10.7. The Hall–Kier alpha value is -1.09. The number of halogens is 5. The summed E-state index contributed by atoms with van der Waals surface area (Å²) in [5.74, 6) is -0.274. The molecule has 1 unspecified atom stereocenters. The molecule has 0 heterocycles. The van der Waals surface area contributed by atoms with Crippen molar-refractivity contribution in [2.24, 2.45) is 0 Å². The van der Waals surface area contributed by atoms with E-state index in [1.54, 1.807) is 0 Å². The summed E-state index contributed by atoms with van der Waals surface area (Å²) >= 11 is 5.75. The van der Waals surface area contributed by atoms with Gasteiger partial charge in [0.15, 0.2) is 0 Å². The minimum atomic E-state index is -3.15. The summed E-state index contributed by atoms with van der Waals surface area (Å²) in [7, 11) is 0. The van der Waals surface area contributed by atoms with Gasteiger partial charge in [-0.25, -0.2) is 0 Å². The van der Waals surface area contributed by atoms with E-state index in [0.717, 1.165) is 18.2 Å². The van der Waals surface area contributed by atoms with Gasteiger partial charge in [-0.05, 0) is 12.1 Å². The number of rotatable bonds is 7. The monoisotopic (exact) mass is 318 g/mol. The third-order valence-corrected chi connectivity index (χ3v) is 2.69. The molecule has 0 spiro atoms. The molecule has 2 N–H and O–H groups in total. The van der Waals surface area contributed by atoms with E-state index in [2.05, 4.69) is 9.47 Å². The lowest BCUT2D eigenvalue weighted by atomic mass is 9.95. The number of hydrogen-bond acceptors (Lipinski definition) is 4. The first-order valence-electron chi connectivity index (χ1n) is 5.26. The van der Waals surface area contributed by atoms with Crippen LogP contribution < -0.4 is 4.74 Å². The third kappa shape index (κ3) is 4.48. The quantitative estimate of drug-likeness (QED) is 0.758. The maximum atomic E-state index is 12.0. The van der Waals surface area contributed by atoms with Crippen molar-refractivity contribution in [2.45, 2.75) is 18.8 Å². The number of ether oxygens (including phenoxy) is 2. The smallest absolute Gasteiger partial charge is 0.387 e. The van der Waals surface area contributed by atoms with E-state index in [1.807, 2.05) is 0 Å². The van der Waals surface area contributed by atoms with Gasteiger partial charge in [0, 0.05) is 5.56 Å². The van der Waals surface area contributed by atoms with Gasteiger partial charge in [-0.15, -0.1) is 0 Å². The highest BCUT2D eigenvalue weighted by Crippen LogP contribution is 2.32. The van der Waals surface area contributed by atoms with Gasteiger partial charge in [0.05, 0.1) is 18.2 Å². The Kier molecular flexibility index (Phi) is 6.00. The molecule has 4 nitrogen and oxygen atoms in total. The molecule has 0 aromatic heterocycles. The van der Waals surface area contributed by atoms with Crippen LogP contribution in [-0.2, 0) is 10.3 Å². The lowest BCUT2D eigenvalue weighted by molar-refractivity contribution is -0.181. The largest absolute Gasteiger partial charge is 0.435 e. The van der Waals surface area contributed by atoms with Crippen LogP contribution in [0.1, 0.15) is 5.56 Å². The van der Waals surface area contributed by atoms with Crippen LogP contribution in [0.15, 0.2) is 18.2 Å². The van der Waals surface area contributed by atoms with E-state index in [9.17, 15) is 22.7 Å². The lowest BCUT2D eigenvalue weighted by Crippen LogP contribution is -2.36. The number of hydrogen-bond donors (Lipinski definition) is 2. The summed E-state index contributed by atoms with van der Waals surface area (Å²) < 4.78 is 56.0. The van der Waals surface area contributed by atoms with Crippen molar-refractivity contribution < 1.29 is 37.2 Å². The van der Waals surface area contributed by atoms with Crippen molar-refractivity contribution in [2.75, 3.05) is 13.2 Å². The van der Waals surface area contributed by atoms with E-state index in [4.69, 9.17) is 16.7 Å². The summed E-state index contributed by atoms with van der Waals surface area (Å²) in [6, 6.07) is 3.09. The van der Waals surface area contributed by atoms with Crippen LogP contribution in [0.25, 0.3) is 0 Å². The first-order chi connectivity index (χ1) is 9.28. The molecule has 0 aliphatic carbocycles. The molecule has 0 saturated heterocycles. The Bertz CT molecular complexity index is 446. The molecule has 0 saturated carbocycles. The Morgan fingerprint density at radius 2 is 1.85 bits per heavy atom. The fourth-order valence-electron chi connectivity index (χ4n) is 1.46. The highest BCUT2D eigenvalue weighted by atomic mass is 35.5. The van der Waals surface area contributed by atoms with Gasteiger partial charge in [0.1, 0.15) is 11.4 Å². The van der Waals surface area contributed by atoms with Gasteiger partial charge >= 0.3 is 13.2 Å². The van der Waals surface area contributed by atoms with Crippen molar-refractivity contribution in [3.8, 4) is 5.75 Å². The molecule has 20 heavy (non-hydrogen) atoms. The van der Waals surface area contributed by atoms with Crippen LogP contribution in [0.5, 0.6) is 5.75 Å². The second-order valence-corrected chi connectivity index (χ2v) is 4.19. The zero-order valence-electron chi connectivity index (χ0n) is 9.90. The molecule has 1 rings (SSSR count). The van der Waals surface area contributed by atoms with Crippen LogP contribution >= 0.6 is 11.6 Å². The first kappa shape index (κ1) is 17.0. The van der Waals surface area contributed by atoms with Gasteiger partial charge in [-0.3, -0.25) is 0 Å². The Balaban J connectivity index is 2.98. The molecule has 0 amide bonds. The molecular weight excluding hydrogens is 308 g/mol. The summed E-state index contributed by atoms with van der Waals surface area (Å²) in [6.45, 7) is -8.08. The normalized spacial score (nSPS) is 14.7. The molecule has 9 heteroatoms. The maximum absolute atomic E-state index is 12.0. The van der Waals surface area contributed by atoms with E-state index < -0.39 is 32.0 Å². The molecule has 0 fully saturated rings. The predicted octanol–water partition coefficient (Wildman–Crippen LogP) is 2.36. The van der Waals surface area contributed by atoms with E-state index in [0.29, 0.717) is 0 Å². The average molecular weight is 319 g/mol. The van der Waals surface area contributed by atoms with Gasteiger partial charge in [-0.2, -0.15) is 17.6 Å². The Labute approximate surface area is 116 Å². The Morgan fingerprint density at radius 3 is 2.30 bits per heavy atom. The first-order valence-corrected chi connectivity index (χ1v) is 5.64. The van der Waals surface area contributed by atoms with E-state index in [-0.39, 0.29) is 16.3 Å². The van der Waals surface area contributed by atoms with Crippen LogP contribution in [0, 0.1) is 0 Å². The van der Waals surface area contributed by atoms with Crippen molar-refractivity contribution in [1.29, 1.82) is 0 Å². The summed E-state index contributed by atoms with van der Waals surface area (Å²) in [6.07, 6.45) is 0. The van der Waals surface area contributed by atoms with Crippen LogP contribution in [-0.4, -0.2) is 36.6 Å². The average Bonchev–Trinajstić information content (AvgIpc) is 2.35. The summed E-state index contributed by atoms with van der Waals surface area (Å²) in [4.78, 5) is 0. The highest BCUT2D eigenvalue weighted by Gasteiger charge is 2.32. The third-order valence-electron chi connectivity index (χ3n) is 2.38. The number of aliphatic hydroxyl groups excluding tert-OH is 1. The SMILES string of the molecule is OCC(O)(COC(F)F)c1ccc(OC(F)F)cc1Cl. The van der Waals surface area contributed by atoms with Gasteiger partial charge in [0.25, 0.3) is 0 Å². The van der Waals surface area contributed by atoms with E-state index in [1.165, 1.54) is 0 Å². The van der Waals surface area contributed by atoms with Crippen LogP contribution in [0.3, 0.4) is 0 Å². The van der Waals surface area contributed by atoms with Gasteiger partial charge in [-0.1, -0.05) is 17.7 Å². The van der Waals surface area contributed by atoms with Gasteiger partial charge < -0.3 is 19.7 Å². The topological polar surface area (TPSA) is 58.9 Å². The Morgan fingerprint density at radius 1 is 1.20 bits per heavy atom. The minimum absolute atomic E-state index is 0.149. The van der Waals surface area contributed by atoms with Crippen LogP contribution in [0.2, 0.25) is 5.02 Å². The molecule has 1 atom stereocenters. The van der Waals surface area contributed by atoms with Crippen molar-refractivity contribution in [3.63, 3.8) is 0 Å². The minimum Gasteiger partial charge on any atom is -0.435 e. The molecule has 0 aliphatic heterocycles. The fourth-order valence-corrected chi connectivity index (χ4v) is 1.81. The molecule has 114 valence electrons. The summed E-state index contributed by atoms with van der Waals surface area (Å²) in [5.41, 5.74) is -2.33. The number of alkyl halides is 4.